The Morgan fingerprint density at radius 1 is 0.649 bits per heavy atom. The third-order valence-electron chi connectivity index (χ3n) is 7.30. The van der Waals surface area contributed by atoms with Crippen molar-refractivity contribution in [2.75, 3.05) is 0 Å². The van der Waals surface area contributed by atoms with Crippen molar-refractivity contribution >= 4 is 5.97 Å². The zero-order valence-electron chi connectivity index (χ0n) is 19.6. The Balaban J connectivity index is 2.07. The normalized spacial score (nSPS) is 27.2. The van der Waals surface area contributed by atoms with Crippen LogP contribution in [0.4, 0.5) is 57.1 Å². The number of alkyl halides is 13. The molecular weight excluding hydrogens is 543 g/mol. The van der Waals surface area contributed by atoms with Crippen molar-refractivity contribution in [2.45, 2.75) is 113 Å². The highest BCUT2D eigenvalue weighted by Gasteiger charge is 2.91. The molecule has 15 heteroatoms. The Hall–Kier alpha value is -1.44. The van der Waals surface area contributed by atoms with E-state index in [-0.39, 0.29) is 0 Å². The van der Waals surface area contributed by atoms with Crippen LogP contribution in [0.15, 0.2) is 0 Å². The van der Waals surface area contributed by atoms with Gasteiger partial charge >= 0.3 is 41.8 Å². The van der Waals surface area contributed by atoms with Gasteiger partial charge in [0.15, 0.2) is 0 Å². The maximum absolute atomic E-state index is 14.4. The van der Waals surface area contributed by atoms with E-state index in [4.69, 9.17) is 4.74 Å². The smallest absolute Gasteiger partial charge is 0.460 e. The molecule has 37 heavy (non-hydrogen) atoms. The van der Waals surface area contributed by atoms with E-state index in [9.17, 15) is 61.9 Å². The minimum absolute atomic E-state index is 0.444. The second-order valence-corrected chi connectivity index (χ2v) is 9.84. The molecule has 0 aromatic heterocycles. The Morgan fingerprint density at radius 2 is 1.11 bits per heavy atom. The van der Waals surface area contributed by atoms with E-state index >= 15 is 0 Å². The molecule has 0 saturated heterocycles. The number of rotatable bonds is 9. The predicted molar refractivity (Wildman–Crippen MR) is 103 cm³/mol. The lowest BCUT2D eigenvalue weighted by Crippen LogP contribution is -2.71. The topological polar surface area (TPSA) is 26.3 Å². The largest absolute Gasteiger partial charge is 0.462 e. The van der Waals surface area contributed by atoms with E-state index < -0.39 is 85.4 Å². The van der Waals surface area contributed by atoms with Crippen LogP contribution in [0.3, 0.4) is 0 Å². The van der Waals surface area contributed by atoms with Gasteiger partial charge in [-0.1, -0.05) is 19.8 Å². The molecule has 2 aliphatic rings. The number of ether oxygens (including phenoxy) is 1. The van der Waals surface area contributed by atoms with Crippen LogP contribution in [-0.4, -0.2) is 47.9 Å². The molecule has 2 nitrogen and oxygen atoms in total. The van der Waals surface area contributed by atoms with Crippen molar-refractivity contribution in [1.29, 1.82) is 0 Å². The van der Waals surface area contributed by atoms with Crippen molar-refractivity contribution in [3.05, 3.63) is 0 Å². The molecular formula is C22H27F13O2. The van der Waals surface area contributed by atoms with Crippen LogP contribution in [0.25, 0.3) is 0 Å². The average molecular weight is 570 g/mol. The third kappa shape index (κ3) is 5.65. The van der Waals surface area contributed by atoms with Crippen molar-refractivity contribution in [3.63, 3.8) is 0 Å². The molecule has 0 aliphatic heterocycles. The van der Waals surface area contributed by atoms with Crippen LogP contribution in [0.2, 0.25) is 0 Å². The second-order valence-electron chi connectivity index (χ2n) is 9.84. The van der Waals surface area contributed by atoms with Crippen molar-refractivity contribution in [2.24, 2.45) is 17.8 Å². The Labute approximate surface area is 204 Å². The van der Waals surface area contributed by atoms with Crippen molar-refractivity contribution in [3.8, 4) is 0 Å². The minimum Gasteiger partial charge on any atom is -0.462 e. The molecule has 0 radical (unpaired) electrons. The van der Waals surface area contributed by atoms with Gasteiger partial charge in [0.1, 0.15) is 6.10 Å². The molecule has 2 rings (SSSR count). The number of esters is 1. The fourth-order valence-electron chi connectivity index (χ4n) is 4.94. The average Bonchev–Trinajstić information content (AvgIpc) is 2.79. The van der Waals surface area contributed by atoms with Crippen molar-refractivity contribution in [1.82, 2.24) is 0 Å². The van der Waals surface area contributed by atoms with Crippen LogP contribution in [0, 0.1) is 17.8 Å². The quantitative estimate of drug-likeness (QED) is 0.206. The van der Waals surface area contributed by atoms with Crippen LogP contribution in [-0.2, 0) is 9.53 Å². The lowest BCUT2D eigenvalue weighted by atomic mass is 9.75. The van der Waals surface area contributed by atoms with Gasteiger partial charge in [-0.3, -0.25) is 4.79 Å². The van der Waals surface area contributed by atoms with Gasteiger partial charge in [-0.05, 0) is 57.3 Å². The molecule has 0 bridgehead atoms. The molecule has 0 unspecified atom stereocenters. The van der Waals surface area contributed by atoms with Gasteiger partial charge in [0.2, 0.25) is 0 Å². The fraction of sp³-hybridized carbons (Fsp3) is 0.955. The number of carbonyl (C=O) groups is 1. The van der Waals surface area contributed by atoms with Crippen LogP contribution in [0.1, 0.15) is 71.1 Å². The Bertz CT molecular complexity index is 778. The molecule has 0 heterocycles. The van der Waals surface area contributed by atoms with Gasteiger partial charge in [-0.2, -0.15) is 57.1 Å². The van der Waals surface area contributed by atoms with Crippen molar-refractivity contribution < 1.29 is 66.6 Å². The van der Waals surface area contributed by atoms with Gasteiger partial charge in [0.25, 0.3) is 0 Å². The van der Waals surface area contributed by atoms with Crippen LogP contribution >= 0.6 is 0 Å². The lowest BCUT2D eigenvalue weighted by molar-refractivity contribution is -0.443. The van der Waals surface area contributed by atoms with E-state index in [1.807, 2.05) is 6.92 Å². The van der Waals surface area contributed by atoms with E-state index in [1.54, 1.807) is 0 Å². The summed E-state index contributed by atoms with van der Waals surface area (Å²) in [7, 11) is 0. The van der Waals surface area contributed by atoms with Gasteiger partial charge in [0.05, 0.1) is 5.92 Å². The number of halogens is 13. The first-order chi connectivity index (χ1) is 16.6. The van der Waals surface area contributed by atoms with Gasteiger partial charge in [0, 0.05) is 5.92 Å². The highest BCUT2D eigenvalue weighted by atomic mass is 19.4. The lowest BCUT2D eigenvalue weighted by Gasteiger charge is -2.43. The number of hydrogen-bond donors (Lipinski definition) is 0. The summed E-state index contributed by atoms with van der Waals surface area (Å²) in [6, 6.07) is 0. The van der Waals surface area contributed by atoms with E-state index in [1.165, 1.54) is 0 Å². The molecule has 2 saturated carbocycles. The van der Waals surface area contributed by atoms with E-state index in [0.29, 0.717) is 18.8 Å². The molecule has 218 valence electrons. The molecule has 0 atom stereocenters. The van der Waals surface area contributed by atoms with E-state index in [2.05, 4.69) is 0 Å². The summed E-state index contributed by atoms with van der Waals surface area (Å²) in [6.07, 6.45) is -6.51. The number of hydrogen-bond acceptors (Lipinski definition) is 2. The summed E-state index contributed by atoms with van der Waals surface area (Å²) < 4.78 is 179. The van der Waals surface area contributed by atoms with Gasteiger partial charge < -0.3 is 4.74 Å². The molecule has 0 spiro atoms. The SMILES string of the molecule is CCC[C@H]1CC[C@H](OC(=O)[C@H]2CC[C@H](C(F)(F)C(F)(F)C(F)(F)C(F)(F)C(F)(F)C(F)(F)F)CC2)CC1. The summed E-state index contributed by atoms with van der Waals surface area (Å²) in [6.45, 7) is 2.02. The first kappa shape index (κ1) is 31.8. The zero-order chi connectivity index (χ0) is 28.7. The van der Waals surface area contributed by atoms with Gasteiger partial charge in [-0.25, -0.2) is 0 Å². The molecule has 0 N–H and O–H groups in total. The minimum atomic E-state index is -7.90. The summed E-state index contributed by atoms with van der Waals surface area (Å²) >= 11 is 0. The maximum Gasteiger partial charge on any atom is 0.460 e. The summed E-state index contributed by atoms with van der Waals surface area (Å²) in [5.41, 5.74) is 0. The van der Waals surface area contributed by atoms with Crippen LogP contribution < -0.4 is 0 Å². The third-order valence-corrected chi connectivity index (χ3v) is 7.30. The zero-order valence-corrected chi connectivity index (χ0v) is 19.6. The Kier molecular flexibility index (Phi) is 9.11. The second kappa shape index (κ2) is 10.6. The maximum atomic E-state index is 14.4. The number of carbonyl (C=O) groups excluding carboxylic acids is 1. The summed E-state index contributed by atoms with van der Waals surface area (Å²) in [4.78, 5) is 12.4. The molecule has 2 fully saturated rings. The van der Waals surface area contributed by atoms with Gasteiger partial charge in [-0.15, -0.1) is 0 Å². The Morgan fingerprint density at radius 3 is 1.54 bits per heavy atom. The summed E-state index contributed by atoms with van der Waals surface area (Å²) in [5.74, 6) is -41.0. The molecule has 0 amide bonds. The van der Waals surface area contributed by atoms with E-state index in [0.717, 1.165) is 25.7 Å². The molecule has 0 aromatic carbocycles. The standard InChI is InChI=1S/C22H27F13O2/c1-2-3-12-4-10-15(11-5-12)37-16(36)13-6-8-14(9-7-13)17(23,24)18(25,26)19(27,28)20(29,30)21(31,32)22(33,34)35/h12-15H,2-11H2,1H3/t12-,13-,14-,15-. The molecule has 0 aromatic rings. The monoisotopic (exact) mass is 570 g/mol. The highest BCUT2D eigenvalue weighted by Crippen LogP contribution is 2.62. The molecule has 2 aliphatic carbocycles. The first-order valence-electron chi connectivity index (χ1n) is 11.8. The fourth-order valence-corrected chi connectivity index (χ4v) is 4.94. The first-order valence-corrected chi connectivity index (χ1v) is 11.8. The highest BCUT2D eigenvalue weighted by molar-refractivity contribution is 5.72. The van der Waals surface area contributed by atoms with Crippen LogP contribution in [0.5, 0.6) is 0 Å². The predicted octanol–water partition coefficient (Wildman–Crippen LogP) is 8.43. The summed E-state index contributed by atoms with van der Waals surface area (Å²) in [5, 5.41) is 0.